The molecule has 0 spiro atoms. The Balaban J connectivity index is 2.05. The van der Waals surface area contributed by atoms with E-state index in [2.05, 4.69) is 5.10 Å². The first kappa shape index (κ1) is 18.6. The van der Waals surface area contributed by atoms with E-state index in [4.69, 9.17) is 0 Å². The first-order valence-electron chi connectivity index (χ1n) is 8.62. The van der Waals surface area contributed by atoms with Crippen molar-refractivity contribution in [1.29, 1.82) is 0 Å². The lowest BCUT2D eigenvalue weighted by Crippen LogP contribution is -2.35. The van der Waals surface area contributed by atoms with Gasteiger partial charge in [-0.3, -0.25) is 4.79 Å². The van der Waals surface area contributed by atoms with Crippen molar-refractivity contribution in [2.45, 2.75) is 51.2 Å². The van der Waals surface area contributed by atoms with Crippen LogP contribution in [-0.2, 0) is 14.6 Å². The second-order valence-electron chi connectivity index (χ2n) is 6.19. The number of benzene rings is 1. The number of nitrogens with zero attached hydrogens (tertiary/aromatic N) is 2. The minimum atomic E-state index is -3.43. The Kier molecular flexibility index (Phi) is 6.54. The zero-order chi connectivity index (χ0) is 17.6. The molecule has 0 saturated heterocycles. The van der Waals surface area contributed by atoms with Crippen molar-refractivity contribution < 1.29 is 13.2 Å². The van der Waals surface area contributed by atoms with Gasteiger partial charge in [-0.05, 0) is 18.4 Å². The zero-order valence-electron chi connectivity index (χ0n) is 14.4. The fourth-order valence-electron chi connectivity index (χ4n) is 2.98. The van der Waals surface area contributed by atoms with Gasteiger partial charge in [-0.15, -0.1) is 0 Å². The predicted octanol–water partition coefficient (Wildman–Crippen LogP) is 3.01. The second kappa shape index (κ2) is 8.42. The summed E-state index contributed by atoms with van der Waals surface area (Å²) >= 11 is 0. The number of hydrogen-bond donors (Lipinski definition) is 0. The molecule has 2 rings (SSSR count). The maximum Gasteiger partial charge on any atom is 0.257 e. The largest absolute Gasteiger partial charge is 0.272 e. The van der Waals surface area contributed by atoms with Crippen LogP contribution in [0, 0.1) is 0 Å². The molecule has 24 heavy (non-hydrogen) atoms. The van der Waals surface area contributed by atoms with Crippen molar-refractivity contribution in [3.05, 3.63) is 35.9 Å². The van der Waals surface area contributed by atoms with Crippen LogP contribution in [0.5, 0.6) is 0 Å². The third-order valence-corrected chi connectivity index (χ3v) is 6.39. The van der Waals surface area contributed by atoms with E-state index in [9.17, 15) is 13.2 Å². The van der Waals surface area contributed by atoms with Crippen molar-refractivity contribution in [2.75, 3.05) is 12.3 Å². The highest BCUT2D eigenvalue weighted by Gasteiger charge is 2.30. The molecule has 1 aliphatic rings. The third kappa shape index (κ3) is 4.66. The van der Waals surface area contributed by atoms with Crippen molar-refractivity contribution in [2.24, 2.45) is 5.10 Å². The number of hydrogen-bond acceptors (Lipinski definition) is 4. The minimum Gasteiger partial charge on any atom is -0.272 e. The molecule has 5 nitrogen and oxygen atoms in total. The highest BCUT2D eigenvalue weighted by molar-refractivity contribution is 7.92. The predicted molar refractivity (Wildman–Crippen MR) is 96.7 cm³/mol. The monoisotopic (exact) mass is 350 g/mol. The molecule has 1 amide bonds. The molecule has 0 bridgehead atoms. The van der Waals surface area contributed by atoms with Gasteiger partial charge in [0.25, 0.3) is 5.91 Å². The number of sulfone groups is 1. The van der Waals surface area contributed by atoms with Gasteiger partial charge in [0.05, 0.1) is 17.5 Å². The molecule has 0 atom stereocenters. The molecule has 1 heterocycles. The molecule has 132 valence electrons. The van der Waals surface area contributed by atoms with E-state index in [1.807, 2.05) is 44.2 Å². The van der Waals surface area contributed by atoms with E-state index in [1.165, 1.54) is 5.01 Å². The summed E-state index contributed by atoms with van der Waals surface area (Å²) in [6.45, 7) is 4.39. The molecule has 0 fully saturated rings. The smallest absolute Gasteiger partial charge is 0.257 e. The van der Waals surface area contributed by atoms with E-state index >= 15 is 0 Å². The van der Waals surface area contributed by atoms with Gasteiger partial charge in [0.1, 0.15) is 5.75 Å². The van der Waals surface area contributed by atoms with Gasteiger partial charge in [-0.25, -0.2) is 13.4 Å². The van der Waals surface area contributed by atoms with Gasteiger partial charge in [0, 0.05) is 6.42 Å². The molecular formula is C18H26N2O3S. The lowest BCUT2D eigenvalue weighted by atomic mass is 10.1. The minimum absolute atomic E-state index is 0.418. The molecule has 0 N–H and O–H groups in total. The number of hydrazone groups is 1. The number of amides is 1. The van der Waals surface area contributed by atoms with Crippen molar-refractivity contribution in [3.8, 4) is 0 Å². The lowest BCUT2D eigenvalue weighted by Gasteiger charge is -2.18. The van der Waals surface area contributed by atoms with Crippen molar-refractivity contribution >= 4 is 21.5 Å². The van der Waals surface area contributed by atoms with Crippen LogP contribution >= 0.6 is 0 Å². The maximum absolute atomic E-state index is 12.5. The van der Waals surface area contributed by atoms with Crippen LogP contribution in [0.3, 0.4) is 0 Å². The normalized spacial score (nSPS) is 15.0. The second-order valence-corrected chi connectivity index (χ2v) is 8.47. The van der Waals surface area contributed by atoms with Gasteiger partial charge in [-0.1, -0.05) is 57.0 Å². The highest BCUT2D eigenvalue weighted by Crippen LogP contribution is 2.18. The summed E-state index contributed by atoms with van der Waals surface area (Å²) in [4.78, 5) is 12.4. The average Bonchev–Trinajstić information content (AvgIpc) is 3.05. The van der Waals surface area contributed by atoms with E-state index in [0.29, 0.717) is 25.8 Å². The Labute approximate surface area is 144 Å². The molecule has 0 aromatic heterocycles. The van der Waals surface area contributed by atoms with Gasteiger partial charge in [-0.2, -0.15) is 5.10 Å². The number of carbonyl (C=O) groups is 1. The van der Waals surface area contributed by atoms with Crippen LogP contribution in [0.25, 0.3) is 0 Å². The van der Waals surface area contributed by atoms with Crippen LogP contribution in [0.2, 0.25) is 0 Å². The number of rotatable bonds is 8. The topological polar surface area (TPSA) is 66.8 Å². The van der Waals surface area contributed by atoms with Crippen LogP contribution < -0.4 is 0 Å². The molecule has 0 aliphatic carbocycles. The Morgan fingerprint density at radius 3 is 2.38 bits per heavy atom. The molecule has 6 heteroatoms. The summed E-state index contributed by atoms with van der Waals surface area (Å²) < 4.78 is 25.1. The first-order chi connectivity index (χ1) is 11.5. The average molecular weight is 350 g/mol. The van der Waals surface area contributed by atoms with E-state index in [0.717, 1.165) is 24.1 Å². The SMILES string of the molecule is CCCC(CCC)S(=O)(=O)CC(=O)N1CCC(c2ccccc2)=N1. The maximum atomic E-state index is 12.5. The first-order valence-corrected chi connectivity index (χ1v) is 10.3. The van der Waals surface area contributed by atoms with E-state index in [1.54, 1.807) is 0 Å². The summed E-state index contributed by atoms with van der Waals surface area (Å²) in [5, 5.41) is 5.22. The molecule has 1 aromatic rings. The van der Waals surface area contributed by atoms with Crippen molar-refractivity contribution in [1.82, 2.24) is 5.01 Å². The Morgan fingerprint density at radius 2 is 1.79 bits per heavy atom. The molecule has 1 aliphatic heterocycles. The Bertz CT molecular complexity index is 677. The van der Waals surface area contributed by atoms with Crippen LogP contribution in [0.15, 0.2) is 35.4 Å². The quantitative estimate of drug-likeness (QED) is 0.724. The summed E-state index contributed by atoms with van der Waals surface area (Å²) in [6, 6.07) is 9.67. The highest BCUT2D eigenvalue weighted by atomic mass is 32.2. The van der Waals surface area contributed by atoms with Gasteiger partial charge < -0.3 is 0 Å². The van der Waals surface area contributed by atoms with E-state index in [-0.39, 0.29) is 0 Å². The molecule has 0 unspecified atom stereocenters. The van der Waals surface area contributed by atoms with Gasteiger partial charge >= 0.3 is 0 Å². The molecule has 0 radical (unpaired) electrons. The third-order valence-electron chi connectivity index (χ3n) is 4.25. The zero-order valence-corrected chi connectivity index (χ0v) is 15.3. The lowest BCUT2D eigenvalue weighted by molar-refractivity contribution is -0.128. The summed E-state index contributed by atoms with van der Waals surface area (Å²) in [7, 11) is -3.43. The molecular weight excluding hydrogens is 324 g/mol. The standard InChI is InChI=1S/C18H26N2O3S/c1-3-8-16(9-4-2)24(22,23)14-18(21)20-13-12-17(19-20)15-10-6-5-7-11-15/h5-7,10-11,16H,3-4,8-9,12-14H2,1-2H3. The summed E-state index contributed by atoms with van der Waals surface area (Å²) in [5.74, 6) is -0.860. The van der Waals surface area contributed by atoms with Gasteiger partial charge in [0.2, 0.25) is 0 Å². The fourth-order valence-corrected chi connectivity index (χ4v) is 4.90. The van der Waals surface area contributed by atoms with Crippen LogP contribution in [-0.4, -0.2) is 42.6 Å². The summed E-state index contributed by atoms with van der Waals surface area (Å²) in [5.41, 5.74) is 1.81. The Hall–Kier alpha value is -1.69. The van der Waals surface area contributed by atoms with Crippen molar-refractivity contribution in [3.63, 3.8) is 0 Å². The molecule has 0 saturated carbocycles. The Morgan fingerprint density at radius 1 is 1.17 bits per heavy atom. The summed E-state index contributed by atoms with van der Waals surface area (Å²) in [6.07, 6.45) is 3.49. The fraction of sp³-hybridized carbons (Fsp3) is 0.556. The van der Waals surface area contributed by atoms with E-state index < -0.39 is 26.7 Å². The number of carbonyl (C=O) groups excluding carboxylic acids is 1. The molecule has 1 aromatic carbocycles. The van der Waals surface area contributed by atoms with Crippen LogP contribution in [0.1, 0.15) is 51.5 Å². The van der Waals surface area contributed by atoms with Gasteiger partial charge in [0.15, 0.2) is 9.84 Å². The van der Waals surface area contributed by atoms with Crippen LogP contribution in [0.4, 0.5) is 0 Å².